The van der Waals surface area contributed by atoms with Crippen LogP contribution in [0.3, 0.4) is 0 Å². The molecule has 1 aliphatic rings. The number of para-hydroxylation sites is 2. The molecule has 0 saturated carbocycles. The fourth-order valence-electron chi connectivity index (χ4n) is 3.02. The fourth-order valence-corrected chi connectivity index (χ4v) is 4.44. The molecule has 0 aromatic heterocycles. The van der Waals surface area contributed by atoms with Crippen LogP contribution >= 0.6 is 0 Å². The molecule has 0 saturated heterocycles. The minimum atomic E-state index is -1.44. The molecule has 3 nitrogen and oxygen atoms in total. The Morgan fingerprint density at radius 2 is 1.33 bits per heavy atom. The molecule has 1 heterocycles. The summed E-state index contributed by atoms with van der Waals surface area (Å²) in [5.74, 6) is -0.149. The van der Waals surface area contributed by atoms with Crippen molar-refractivity contribution in [3.8, 4) is 0 Å². The number of fused-ring (bicyclic) bond motifs is 1. The lowest BCUT2D eigenvalue weighted by atomic mass is 10.1. The van der Waals surface area contributed by atoms with E-state index in [4.69, 9.17) is 0 Å². The second-order valence-corrected chi connectivity index (χ2v) is 7.10. The van der Waals surface area contributed by atoms with Crippen molar-refractivity contribution >= 4 is 28.1 Å². The van der Waals surface area contributed by atoms with Crippen molar-refractivity contribution in [3.63, 3.8) is 0 Å². The molecule has 3 aromatic rings. The monoisotopic (exact) mass is 333 g/mol. The zero-order chi connectivity index (χ0) is 16.5. The van der Waals surface area contributed by atoms with Gasteiger partial charge in [-0.3, -0.25) is 13.9 Å². The van der Waals surface area contributed by atoms with Crippen LogP contribution in [0.15, 0.2) is 89.8 Å². The maximum Gasteiger partial charge on any atom is 0.252 e. The maximum absolute atomic E-state index is 13.1. The van der Waals surface area contributed by atoms with Crippen LogP contribution in [0.25, 0.3) is 0 Å². The van der Waals surface area contributed by atoms with Crippen molar-refractivity contribution in [2.75, 3.05) is 4.90 Å². The van der Waals surface area contributed by atoms with Crippen molar-refractivity contribution in [2.45, 2.75) is 10.1 Å². The van der Waals surface area contributed by atoms with E-state index < -0.39 is 16.0 Å². The van der Waals surface area contributed by atoms with Crippen LogP contribution in [0.5, 0.6) is 0 Å². The van der Waals surface area contributed by atoms with Gasteiger partial charge in [0.15, 0.2) is 0 Å². The van der Waals surface area contributed by atoms with E-state index in [0.717, 1.165) is 16.9 Å². The Hall–Kier alpha value is -2.72. The average Bonchev–Trinajstić information content (AvgIpc) is 2.94. The van der Waals surface area contributed by atoms with Gasteiger partial charge < -0.3 is 0 Å². The number of carbonyl (C=O) groups excluding carboxylic acids is 1. The Labute approximate surface area is 143 Å². The Kier molecular flexibility index (Phi) is 3.75. The summed E-state index contributed by atoms with van der Waals surface area (Å²) in [5, 5.41) is -0.677. The second-order valence-electron chi connectivity index (χ2n) is 5.56. The van der Waals surface area contributed by atoms with E-state index in [9.17, 15) is 9.00 Å². The summed E-state index contributed by atoms with van der Waals surface area (Å²) >= 11 is 0. The zero-order valence-electron chi connectivity index (χ0n) is 12.8. The van der Waals surface area contributed by atoms with E-state index in [1.807, 2.05) is 72.8 Å². The molecular formula is C20H15NO2S. The molecule has 1 amide bonds. The third-order valence-corrected chi connectivity index (χ3v) is 5.73. The molecule has 0 aliphatic carbocycles. The van der Waals surface area contributed by atoms with E-state index in [1.54, 1.807) is 17.0 Å². The van der Waals surface area contributed by atoms with Crippen molar-refractivity contribution < 1.29 is 9.00 Å². The predicted octanol–water partition coefficient (Wildman–Crippen LogP) is 4.21. The highest BCUT2D eigenvalue weighted by atomic mass is 32.2. The first kappa shape index (κ1) is 14.8. The Morgan fingerprint density at radius 3 is 2.04 bits per heavy atom. The fraction of sp³-hybridized carbons (Fsp3) is 0.0500. The van der Waals surface area contributed by atoms with Gasteiger partial charge in [0.05, 0.1) is 16.5 Å². The molecular weight excluding hydrogens is 318 g/mol. The van der Waals surface area contributed by atoms with Gasteiger partial charge in [-0.2, -0.15) is 0 Å². The minimum Gasteiger partial charge on any atom is -0.279 e. The lowest BCUT2D eigenvalue weighted by Gasteiger charge is -2.18. The van der Waals surface area contributed by atoms with Gasteiger partial charge in [0.2, 0.25) is 0 Å². The number of benzene rings is 3. The number of hydrogen-bond donors (Lipinski definition) is 0. The molecule has 0 radical (unpaired) electrons. The highest BCUT2D eigenvalue weighted by Crippen LogP contribution is 2.44. The third-order valence-electron chi connectivity index (χ3n) is 4.11. The minimum absolute atomic E-state index is 0.149. The summed E-state index contributed by atoms with van der Waals surface area (Å²) < 4.78 is 13.1. The molecule has 2 atom stereocenters. The molecule has 4 rings (SSSR count). The van der Waals surface area contributed by atoms with Crippen molar-refractivity contribution in [1.82, 2.24) is 0 Å². The highest BCUT2D eigenvalue weighted by molar-refractivity contribution is 7.86. The summed E-state index contributed by atoms with van der Waals surface area (Å²) in [5.41, 5.74) is 2.42. The quantitative estimate of drug-likeness (QED) is 0.720. The Balaban J connectivity index is 1.83. The van der Waals surface area contributed by atoms with Gasteiger partial charge in [-0.1, -0.05) is 54.6 Å². The average molecular weight is 333 g/mol. The van der Waals surface area contributed by atoms with Crippen molar-refractivity contribution in [3.05, 3.63) is 90.5 Å². The number of rotatable bonds is 3. The summed E-state index contributed by atoms with van der Waals surface area (Å²) in [4.78, 5) is 15.4. The lowest BCUT2D eigenvalue weighted by Crippen LogP contribution is -2.25. The van der Waals surface area contributed by atoms with Crippen molar-refractivity contribution in [1.29, 1.82) is 0 Å². The van der Waals surface area contributed by atoms with E-state index in [-0.39, 0.29) is 5.91 Å². The molecule has 118 valence electrons. The van der Waals surface area contributed by atoms with Crippen LogP contribution in [-0.4, -0.2) is 10.1 Å². The smallest absolute Gasteiger partial charge is 0.252 e. The lowest BCUT2D eigenvalue weighted by molar-refractivity contribution is -0.116. The molecule has 3 aromatic carbocycles. The first-order chi connectivity index (χ1) is 11.8. The van der Waals surface area contributed by atoms with Crippen LogP contribution in [0, 0.1) is 0 Å². The van der Waals surface area contributed by atoms with Gasteiger partial charge in [0.1, 0.15) is 5.25 Å². The first-order valence-electron chi connectivity index (χ1n) is 7.71. The van der Waals surface area contributed by atoms with Gasteiger partial charge in [-0.25, -0.2) is 0 Å². The van der Waals surface area contributed by atoms with E-state index >= 15 is 0 Å². The molecule has 0 spiro atoms. The van der Waals surface area contributed by atoms with E-state index in [1.165, 1.54) is 0 Å². The Bertz CT molecular complexity index is 909. The van der Waals surface area contributed by atoms with Crippen LogP contribution in [-0.2, 0) is 15.6 Å². The molecule has 4 heteroatoms. The normalized spacial score (nSPS) is 17.6. The molecule has 2 unspecified atom stereocenters. The molecule has 24 heavy (non-hydrogen) atoms. The standard InChI is InChI=1S/C20H15NO2S/c22-20-19(24(23)16-11-5-2-6-12-16)17-13-7-8-14-18(17)21(20)15-9-3-1-4-10-15/h1-14,19H. The van der Waals surface area contributed by atoms with Gasteiger partial charge >= 0.3 is 0 Å². The topological polar surface area (TPSA) is 37.4 Å². The van der Waals surface area contributed by atoms with Crippen LogP contribution in [0.1, 0.15) is 10.8 Å². The maximum atomic E-state index is 13.1. The highest BCUT2D eigenvalue weighted by Gasteiger charge is 2.41. The zero-order valence-corrected chi connectivity index (χ0v) is 13.6. The summed E-state index contributed by atoms with van der Waals surface area (Å²) in [7, 11) is -1.44. The molecule has 0 bridgehead atoms. The number of hydrogen-bond acceptors (Lipinski definition) is 2. The largest absolute Gasteiger partial charge is 0.279 e. The van der Waals surface area contributed by atoms with E-state index in [2.05, 4.69) is 0 Å². The summed E-state index contributed by atoms with van der Waals surface area (Å²) in [6.45, 7) is 0. The number of anilines is 2. The molecule has 0 N–H and O–H groups in total. The first-order valence-corrected chi connectivity index (χ1v) is 8.92. The van der Waals surface area contributed by atoms with E-state index in [0.29, 0.717) is 4.90 Å². The SMILES string of the molecule is O=C1C(S(=O)c2ccccc2)c2ccccc2N1c1ccccc1. The van der Waals surface area contributed by atoms with Gasteiger partial charge in [-0.05, 0) is 30.3 Å². The Morgan fingerprint density at radius 1 is 0.750 bits per heavy atom. The molecule has 0 fully saturated rings. The summed E-state index contributed by atoms with van der Waals surface area (Å²) in [6.07, 6.45) is 0. The number of carbonyl (C=O) groups is 1. The summed E-state index contributed by atoms with van der Waals surface area (Å²) in [6, 6.07) is 26.2. The van der Waals surface area contributed by atoms with Crippen LogP contribution in [0.2, 0.25) is 0 Å². The van der Waals surface area contributed by atoms with Crippen molar-refractivity contribution in [2.24, 2.45) is 0 Å². The van der Waals surface area contributed by atoms with Crippen LogP contribution < -0.4 is 4.90 Å². The van der Waals surface area contributed by atoms with Crippen LogP contribution in [0.4, 0.5) is 11.4 Å². The third kappa shape index (κ3) is 2.36. The van der Waals surface area contributed by atoms with Gasteiger partial charge in [0, 0.05) is 16.1 Å². The molecule has 1 aliphatic heterocycles. The number of amides is 1. The van der Waals surface area contributed by atoms with Gasteiger partial charge in [0.25, 0.3) is 5.91 Å². The predicted molar refractivity (Wildman–Crippen MR) is 95.6 cm³/mol. The number of nitrogens with zero attached hydrogens (tertiary/aromatic N) is 1. The second kappa shape index (κ2) is 6.06. The van der Waals surface area contributed by atoms with Gasteiger partial charge in [-0.15, -0.1) is 0 Å².